The fourth-order valence-electron chi connectivity index (χ4n) is 1.25. The zero-order valence-electron chi connectivity index (χ0n) is 9.10. The van der Waals surface area contributed by atoms with E-state index in [9.17, 15) is 0 Å². The number of nitrogens with zero attached hydrogens (tertiary/aromatic N) is 2. The molecule has 0 saturated carbocycles. The Hall–Kier alpha value is -2.26. The third-order valence-electron chi connectivity index (χ3n) is 2.11. The van der Waals surface area contributed by atoms with Gasteiger partial charge < -0.3 is 4.74 Å². The Morgan fingerprint density at radius 3 is 2.50 bits per heavy atom. The molecule has 0 unspecified atom stereocenters. The predicted octanol–water partition coefficient (Wildman–Crippen LogP) is 2.91. The van der Waals surface area contributed by atoms with E-state index in [2.05, 4.69) is 6.07 Å². The van der Waals surface area contributed by atoms with Crippen LogP contribution in [0.25, 0.3) is 6.08 Å². The minimum absolute atomic E-state index is 0.371. The van der Waals surface area contributed by atoms with Crippen LogP contribution in [-0.4, -0.2) is 7.11 Å². The molecule has 0 amide bonds. The van der Waals surface area contributed by atoms with E-state index in [1.807, 2.05) is 30.3 Å². The van der Waals surface area contributed by atoms with Gasteiger partial charge in [0, 0.05) is 12.0 Å². The second-order valence-electron chi connectivity index (χ2n) is 3.21. The summed E-state index contributed by atoms with van der Waals surface area (Å²) in [5.41, 5.74) is 1.56. The van der Waals surface area contributed by atoms with Gasteiger partial charge in [-0.15, -0.1) is 0 Å². The van der Waals surface area contributed by atoms with Crippen LogP contribution in [0.4, 0.5) is 0 Å². The van der Waals surface area contributed by atoms with Crippen LogP contribution in [0.5, 0.6) is 5.75 Å². The molecule has 80 valence electrons. The van der Waals surface area contributed by atoms with Crippen molar-refractivity contribution in [3.63, 3.8) is 0 Å². The summed E-state index contributed by atoms with van der Waals surface area (Å²) >= 11 is 0. The lowest BCUT2D eigenvalue weighted by atomic mass is 10.1. The maximum absolute atomic E-state index is 8.86. The van der Waals surface area contributed by atoms with Gasteiger partial charge in [0.2, 0.25) is 0 Å². The number of hydrogen-bond donors (Lipinski definition) is 0. The fourth-order valence-corrected chi connectivity index (χ4v) is 1.25. The van der Waals surface area contributed by atoms with Gasteiger partial charge in [0.1, 0.15) is 5.75 Å². The lowest BCUT2D eigenvalue weighted by molar-refractivity contribution is 0.415. The molecule has 0 aliphatic heterocycles. The van der Waals surface area contributed by atoms with E-state index in [0.717, 1.165) is 11.3 Å². The zero-order valence-corrected chi connectivity index (χ0v) is 9.10. The van der Waals surface area contributed by atoms with Crippen LogP contribution < -0.4 is 4.74 Å². The molecule has 0 fully saturated rings. The monoisotopic (exact) mass is 212 g/mol. The van der Waals surface area contributed by atoms with E-state index in [-0.39, 0.29) is 0 Å². The Morgan fingerprint density at radius 1 is 1.31 bits per heavy atom. The maximum Gasteiger partial charge on any atom is 0.118 e. The molecule has 0 aliphatic carbocycles. The zero-order chi connectivity index (χ0) is 11.8. The molecule has 1 aromatic carbocycles. The Balaban J connectivity index is 2.80. The first-order valence-corrected chi connectivity index (χ1v) is 4.92. The maximum atomic E-state index is 8.86. The Bertz CT molecular complexity index is 446. The Labute approximate surface area is 95.2 Å². The standard InChI is InChI=1S/C13H12N2O/c1-16-13-6-4-11(5-7-13)9-12(10-15)3-2-8-14/h4-7,9H,2-3H2,1H3/b12-9+. The van der Waals surface area contributed by atoms with Crippen LogP contribution in [0, 0.1) is 22.7 Å². The molecule has 0 heterocycles. The van der Waals surface area contributed by atoms with Crippen molar-refractivity contribution in [2.45, 2.75) is 12.8 Å². The Kier molecular flexibility index (Phi) is 4.63. The van der Waals surface area contributed by atoms with Crippen molar-refractivity contribution in [1.29, 1.82) is 10.5 Å². The lowest BCUT2D eigenvalue weighted by Crippen LogP contribution is -1.83. The first-order valence-electron chi connectivity index (χ1n) is 4.92. The highest BCUT2D eigenvalue weighted by Crippen LogP contribution is 2.15. The average Bonchev–Trinajstić information content (AvgIpc) is 2.35. The first-order chi connectivity index (χ1) is 7.80. The average molecular weight is 212 g/mol. The van der Waals surface area contributed by atoms with Crippen molar-refractivity contribution in [1.82, 2.24) is 0 Å². The van der Waals surface area contributed by atoms with Gasteiger partial charge in [0.15, 0.2) is 0 Å². The molecule has 0 saturated heterocycles. The SMILES string of the molecule is COc1ccc(/C=C(/C#N)CCC#N)cc1. The molecule has 0 spiro atoms. The summed E-state index contributed by atoms with van der Waals surface area (Å²) in [4.78, 5) is 0. The molecule has 0 aliphatic rings. The number of rotatable bonds is 4. The number of ether oxygens (including phenoxy) is 1. The topological polar surface area (TPSA) is 56.8 Å². The van der Waals surface area contributed by atoms with Crippen molar-refractivity contribution >= 4 is 6.08 Å². The minimum Gasteiger partial charge on any atom is -0.497 e. The molecule has 0 aromatic heterocycles. The summed E-state index contributed by atoms with van der Waals surface area (Å²) in [5, 5.41) is 17.3. The summed E-state index contributed by atoms with van der Waals surface area (Å²) < 4.78 is 5.04. The van der Waals surface area contributed by atoms with Crippen LogP contribution in [0.1, 0.15) is 18.4 Å². The van der Waals surface area contributed by atoms with Gasteiger partial charge in [-0.2, -0.15) is 10.5 Å². The molecule has 0 radical (unpaired) electrons. The number of nitriles is 2. The third kappa shape index (κ3) is 3.48. The largest absolute Gasteiger partial charge is 0.497 e. The van der Waals surface area contributed by atoms with Gasteiger partial charge in [-0.25, -0.2) is 0 Å². The molecule has 16 heavy (non-hydrogen) atoms. The summed E-state index contributed by atoms with van der Waals surface area (Å²) in [6, 6.07) is 11.5. The van der Waals surface area contributed by atoms with Crippen LogP contribution in [-0.2, 0) is 0 Å². The summed E-state index contributed by atoms with van der Waals surface area (Å²) in [6.07, 6.45) is 2.66. The van der Waals surface area contributed by atoms with Crippen LogP contribution in [0.3, 0.4) is 0 Å². The van der Waals surface area contributed by atoms with E-state index in [0.29, 0.717) is 18.4 Å². The van der Waals surface area contributed by atoms with Crippen LogP contribution in [0.2, 0.25) is 0 Å². The number of hydrogen-bond acceptors (Lipinski definition) is 3. The van der Waals surface area contributed by atoms with Crippen molar-refractivity contribution in [2.24, 2.45) is 0 Å². The van der Waals surface area contributed by atoms with E-state index in [1.165, 1.54) is 0 Å². The van der Waals surface area contributed by atoms with Gasteiger partial charge in [0.05, 0.1) is 19.2 Å². The van der Waals surface area contributed by atoms with E-state index in [1.54, 1.807) is 13.2 Å². The minimum atomic E-state index is 0.371. The van der Waals surface area contributed by atoms with Crippen molar-refractivity contribution < 1.29 is 4.74 Å². The second-order valence-corrected chi connectivity index (χ2v) is 3.21. The van der Waals surface area contributed by atoms with E-state index in [4.69, 9.17) is 15.3 Å². The van der Waals surface area contributed by atoms with Gasteiger partial charge in [0.25, 0.3) is 0 Å². The van der Waals surface area contributed by atoms with Crippen molar-refractivity contribution in [3.8, 4) is 17.9 Å². The third-order valence-corrected chi connectivity index (χ3v) is 2.11. The van der Waals surface area contributed by atoms with Gasteiger partial charge >= 0.3 is 0 Å². The molecule has 0 atom stereocenters. The lowest BCUT2D eigenvalue weighted by Gasteiger charge is -2.00. The molecule has 3 nitrogen and oxygen atoms in total. The summed E-state index contributed by atoms with van der Waals surface area (Å²) in [7, 11) is 1.61. The van der Waals surface area contributed by atoms with E-state index >= 15 is 0 Å². The van der Waals surface area contributed by atoms with Crippen molar-refractivity contribution in [3.05, 3.63) is 35.4 Å². The number of benzene rings is 1. The molecule has 1 aromatic rings. The molecule has 0 N–H and O–H groups in total. The Morgan fingerprint density at radius 2 is 2.00 bits per heavy atom. The summed E-state index contributed by atoms with van der Waals surface area (Å²) in [6.45, 7) is 0. The molecule has 1 rings (SSSR count). The van der Waals surface area contributed by atoms with Gasteiger partial charge in [-0.1, -0.05) is 12.1 Å². The van der Waals surface area contributed by atoms with Gasteiger partial charge in [-0.3, -0.25) is 0 Å². The van der Waals surface area contributed by atoms with Crippen molar-refractivity contribution in [2.75, 3.05) is 7.11 Å². The molecule has 0 bridgehead atoms. The number of allylic oxidation sites excluding steroid dienone is 1. The quantitative estimate of drug-likeness (QED) is 0.721. The normalized spacial score (nSPS) is 10.3. The molecular formula is C13H12N2O. The molecular weight excluding hydrogens is 200 g/mol. The predicted molar refractivity (Wildman–Crippen MR) is 61.4 cm³/mol. The van der Waals surface area contributed by atoms with Gasteiger partial charge in [-0.05, 0) is 30.2 Å². The fraction of sp³-hybridized carbons (Fsp3) is 0.231. The van der Waals surface area contributed by atoms with Crippen LogP contribution in [0.15, 0.2) is 29.8 Å². The highest BCUT2D eigenvalue weighted by Gasteiger charge is 1.97. The summed E-state index contributed by atoms with van der Waals surface area (Å²) in [5.74, 6) is 0.785. The first kappa shape index (κ1) is 11.8. The molecule has 3 heteroatoms. The smallest absolute Gasteiger partial charge is 0.118 e. The highest BCUT2D eigenvalue weighted by atomic mass is 16.5. The van der Waals surface area contributed by atoms with E-state index < -0.39 is 0 Å². The van der Waals surface area contributed by atoms with Crippen LogP contribution >= 0.6 is 0 Å². The number of methoxy groups -OCH3 is 1. The highest BCUT2D eigenvalue weighted by molar-refractivity contribution is 5.57. The second kappa shape index (κ2) is 6.27.